The molecule has 1 aromatic carbocycles. The molecule has 2 saturated heterocycles. The van der Waals surface area contributed by atoms with Crippen LogP contribution in [0, 0.1) is 17.8 Å². The van der Waals surface area contributed by atoms with Gasteiger partial charge in [0.1, 0.15) is 0 Å². The maximum absolute atomic E-state index is 12.7. The average molecular weight is 267 g/mol. The van der Waals surface area contributed by atoms with Gasteiger partial charge in [-0.25, -0.2) is 0 Å². The number of amides is 1. The van der Waals surface area contributed by atoms with Gasteiger partial charge in [-0.05, 0) is 36.7 Å². The number of allylic oxidation sites excluding steroid dienone is 2. The Bertz CT molecular complexity index is 536. The Kier molecular flexibility index (Phi) is 2.90. The zero-order valence-corrected chi connectivity index (χ0v) is 11.7. The van der Waals surface area contributed by atoms with Crippen LogP contribution in [0.4, 0.5) is 0 Å². The first-order valence-electron chi connectivity index (χ1n) is 7.86. The second kappa shape index (κ2) is 4.76. The maximum atomic E-state index is 12.7. The molecule has 4 rings (SSSR count). The minimum atomic E-state index is 0.237. The van der Waals surface area contributed by atoms with Crippen molar-refractivity contribution >= 4 is 5.91 Å². The SMILES string of the molecule is O=C1[C@H]2[C@@H]3CCN1CCC[C@@H]2C=C[C@@H]3c1ccccc1. The number of hydrogen-bond donors (Lipinski definition) is 0. The molecule has 2 heteroatoms. The molecule has 2 fully saturated rings. The number of fused-ring (bicyclic) bond motifs is 1. The Hall–Kier alpha value is -1.57. The molecule has 104 valence electrons. The first-order chi connectivity index (χ1) is 9.84. The fraction of sp³-hybridized carbons (Fsp3) is 0.500. The summed E-state index contributed by atoms with van der Waals surface area (Å²) in [6.07, 6.45) is 8.24. The lowest BCUT2D eigenvalue weighted by molar-refractivity contribution is -0.142. The summed E-state index contributed by atoms with van der Waals surface area (Å²) in [6, 6.07) is 10.7. The van der Waals surface area contributed by atoms with Crippen LogP contribution in [0.2, 0.25) is 0 Å². The van der Waals surface area contributed by atoms with Gasteiger partial charge in [-0.15, -0.1) is 0 Å². The summed E-state index contributed by atoms with van der Waals surface area (Å²) in [4.78, 5) is 14.8. The van der Waals surface area contributed by atoms with Gasteiger partial charge in [0.25, 0.3) is 0 Å². The average Bonchev–Trinajstić information content (AvgIpc) is 2.61. The molecular weight excluding hydrogens is 246 g/mol. The van der Waals surface area contributed by atoms with Crippen molar-refractivity contribution in [3.63, 3.8) is 0 Å². The number of rotatable bonds is 1. The Morgan fingerprint density at radius 1 is 1.00 bits per heavy atom. The van der Waals surface area contributed by atoms with Crippen molar-refractivity contribution in [1.82, 2.24) is 4.90 Å². The Morgan fingerprint density at radius 3 is 2.70 bits per heavy atom. The standard InChI is InChI=1S/C18H21NO/c20-18-17-14-7-4-11-19(18)12-10-16(17)15(9-8-14)13-5-2-1-3-6-13/h1-3,5-6,8-9,14-17H,4,7,10-12H2/t14-,15-,16-,17-/m1/s1. The lowest BCUT2D eigenvalue weighted by Crippen LogP contribution is -2.48. The number of benzene rings is 1. The predicted octanol–water partition coefficient (Wildman–Crippen LogP) is 3.21. The molecule has 1 aliphatic carbocycles. The van der Waals surface area contributed by atoms with Crippen LogP contribution in [-0.2, 0) is 4.79 Å². The Labute approximate surface area is 120 Å². The van der Waals surface area contributed by atoms with Gasteiger partial charge in [0, 0.05) is 24.9 Å². The smallest absolute Gasteiger partial charge is 0.226 e. The van der Waals surface area contributed by atoms with Crippen LogP contribution in [0.3, 0.4) is 0 Å². The topological polar surface area (TPSA) is 20.3 Å². The predicted molar refractivity (Wildman–Crippen MR) is 79.2 cm³/mol. The third-order valence-corrected chi connectivity index (χ3v) is 5.43. The van der Waals surface area contributed by atoms with E-state index in [0.717, 1.165) is 19.5 Å². The molecule has 2 bridgehead atoms. The van der Waals surface area contributed by atoms with Gasteiger partial charge in [-0.1, -0.05) is 42.5 Å². The highest BCUT2D eigenvalue weighted by molar-refractivity contribution is 5.81. The van der Waals surface area contributed by atoms with E-state index in [9.17, 15) is 4.79 Å². The second-order valence-corrected chi connectivity index (χ2v) is 6.43. The fourth-order valence-electron chi connectivity index (χ4n) is 4.47. The fourth-order valence-corrected chi connectivity index (χ4v) is 4.47. The van der Waals surface area contributed by atoms with E-state index < -0.39 is 0 Å². The summed E-state index contributed by atoms with van der Waals surface area (Å²) in [6.45, 7) is 1.94. The monoisotopic (exact) mass is 267 g/mol. The van der Waals surface area contributed by atoms with E-state index in [1.54, 1.807) is 0 Å². The highest BCUT2D eigenvalue weighted by Crippen LogP contribution is 2.47. The highest BCUT2D eigenvalue weighted by Gasteiger charge is 2.46. The lowest BCUT2D eigenvalue weighted by atomic mass is 9.65. The molecule has 3 aliphatic rings. The highest BCUT2D eigenvalue weighted by atomic mass is 16.2. The summed E-state index contributed by atoms with van der Waals surface area (Å²) in [5.74, 6) is 2.09. The van der Waals surface area contributed by atoms with Crippen molar-refractivity contribution in [1.29, 1.82) is 0 Å². The van der Waals surface area contributed by atoms with Crippen molar-refractivity contribution < 1.29 is 4.79 Å². The number of carbonyl (C=O) groups is 1. The third kappa shape index (κ3) is 1.81. The Morgan fingerprint density at radius 2 is 1.85 bits per heavy atom. The summed E-state index contributed by atoms with van der Waals surface area (Å²) < 4.78 is 0. The first-order valence-corrected chi connectivity index (χ1v) is 7.86. The van der Waals surface area contributed by atoms with Crippen LogP contribution >= 0.6 is 0 Å². The van der Waals surface area contributed by atoms with E-state index in [4.69, 9.17) is 0 Å². The minimum absolute atomic E-state index is 0.237. The van der Waals surface area contributed by atoms with Gasteiger partial charge in [0.15, 0.2) is 0 Å². The molecule has 0 unspecified atom stereocenters. The van der Waals surface area contributed by atoms with Crippen molar-refractivity contribution in [3.8, 4) is 0 Å². The van der Waals surface area contributed by atoms with Gasteiger partial charge in [-0.3, -0.25) is 4.79 Å². The summed E-state index contributed by atoms with van der Waals surface area (Å²) in [5.41, 5.74) is 1.37. The molecule has 0 spiro atoms. The van der Waals surface area contributed by atoms with Crippen molar-refractivity contribution in [2.75, 3.05) is 13.1 Å². The van der Waals surface area contributed by atoms with Crippen LogP contribution in [0.25, 0.3) is 0 Å². The van der Waals surface area contributed by atoms with E-state index in [1.807, 2.05) is 0 Å². The molecule has 20 heavy (non-hydrogen) atoms. The van der Waals surface area contributed by atoms with Crippen LogP contribution in [0.1, 0.15) is 30.7 Å². The number of carbonyl (C=O) groups excluding carboxylic acids is 1. The molecule has 1 aromatic rings. The van der Waals surface area contributed by atoms with Crippen LogP contribution in [-0.4, -0.2) is 23.9 Å². The molecule has 0 saturated carbocycles. The largest absolute Gasteiger partial charge is 0.342 e. The lowest BCUT2D eigenvalue weighted by Gasteiger charge is -2.43. The third-order valence-electron chi connectivity index (χ3n) is 5.43. The van der Waals surface area contributed by atoms with E-state index in [0.29, 0.717) is 23.7 Å². The molecule has 0 N–H and O–H groups in total. The van der Waals surface area contributed by atoms with Gasteiger partial charge in [0.05, 0.1) is 0 Å². The van der Waals surface area contributed by atoms with Gasteiger partial charge >= 0.3 is 0 Å². The van der Waals surface area contributed by atoms with Crippen LogP contribution < -0.4 is 0 Å². The summed E-state index contributed by atoms with van der Waals surface area (Å²) >= 11 is 0. The zero-order chi connectivity index (χ0) is 13.5. The number of nitrogens with zero attached hydrogens (tertiary/aromatic N) is 1. The van der Waals surface area contributed by atoms with E-state index in [1.165, 1.54) is 18.4 Å². The van der Waals surface area contributed by atoms with Gasteiger partial charge < -0.3 is 4.90 Å². The molecule has 2 heterocycles. The quantitative estimate of drug-likeness (QED) is 0.715. The second-order valence-electron chi connectivity index (χ2n) is 6.43. The van der Waals surface area contributed by atoms with E-state index >= 15 is 0 Å². The molecule has 0 radical (unpaired) electrons. The van der Waals surface area contributed by atoms with Crippen molar-refractivity contribution in [3.05, 3.63) is 48.0 Å². The Balaban J connectivity index is 1.74. The van der Waals surface area contributed by atoms with Gasteiger partial charge in [0.2, 0.25) is 5.91 Å². The van der Waals surface area contributed by atoms with E-state index in [2.05, 4.69) is 47.4 Å². The van der Waals surface area contributed by atoms with Crippen molar-refractivity contribution in [2.45, 2.75) is 25.2 Å². The van der Waals surface area contributed by atoms with Crippen molar-refractivity contribution in [2.24, 2.45) is 17.8 Å². The maximum Gasteiger partial charge on any atom is 0.226 e. The molecule has 1 amide bonds. The van der Waals surface area contributed by atoms with Gasteiger partial charge in [-0.2, -0.15) is 0 Å². The molecule has 0 aromatic heterocycles. The summed E-state index contributed by atoms with van der Waals surface area (Å²) in [7, 11) is 0. The molecule has 4 atom stereocenters. The van der Waals surface area contributed by atoms with E-state index in [-0.39, 0.29) is 5.92 Å². The molecule has 2 aliphatic heterocycles. The summed E-state index contributed by atoms with van der Waals surface area (Å²) in [5, 5.41) is 0. The molecule has 2 nitrogen and oxygen atoms in total. The number of hydrogen-bond acceptors (Lipinski definition) is 1. The molecular formula is C18H21NO. The normalized spacial score (nSPS) is 35.8. The minimum Gasteiger partial charge on any atom is -0.342 e. The van der Waals surface area contributed by atoms with Crippen LogP contribution in [0.15, 0.2) is 42.5 Å². The first kappa shape index (κ1) is 12.2. The van der Waals surface area contributed by atoms with Crippen LogP contribution in [0.5, 0.6) is 0 Å². The zero-order valence-electron chi connectivity index (χ0n) is 11.7. The number of piperidine rings is 1.